The van der Waals surface area contributed by atoms with Crippen molar-refractivity contribution >= 4 is 5.91 Å². The molecule has 16 heavy (non-hydrogen) atoms. The third-order valence-corrected chi connectivity index (χ3v) is 4.14. The number of hydrogen-bond donors (Lipinski definition) is 2. The molecule has 92 valence electrons. The van der Waals surface area contributed by atoms with Crippen LogP contribution >= 0.6 is 0 Å². The second-order valence-corrected chi connectivity index (χ2v) is 5.38. The zero-order chi connectivity index (χ0) is 11.4. The first-order valence-corrected chi connectivity index (χ1v) is 6.71. The van der Waals surface area contributed by atoms with Gasteiger partial charge in [0.1, 0.15) is 0 Å². The fraction of sp³-hybridized carbons (Fsp3) is 0.923. The summed E-state index contributed by atoms with van der Waals surface area (Å²) in [5, 5.41) is 12.4. The van der Waals surface area contributed by atoms with Crippen LogP contribution in [0.4, 0.5) is 0 Å². The normalized spacial score (nSPS) is 30.8. The van der Waals surface area contributed by atoms with E-state index in [0.29, 0.717) is 0 Å². The zero-order valence-corrected chi connectivity index (χ0v) is 9.95. The Morgan fingerprint density at radius 1 is 1.12 bits per heavy atom. The van der Waals surface area contributed by atoms with Gasteiger partial charge in [-0.3, -0.25) is 4.79 Å². The molecule has 2 aliphatic carbocycles. The number of carbonyl (C=O) groups is 1. The predicted molar refractivity (Wildman–Crippen MR) is 62.9 cm³/mol. The van der Waals surface area contributed by atoms with Crippen molar-refractivity contribution in [2.24, 2.45) is 11.8 Å². The molecule has 2 rings (SSSR count). The Labute approximate surface area is 97.6 Å². The highest BCUT2D eigenvalue weighted by molar-refractivity contribution is 5.78. The van der Waals surface area contributed by atoms with E-state index in [2.05, 4.69) is 5.32 Å². The van der Waals surface area contributed by atoms with Crippen LogP contribution in [0.2, 0.25) is 0 Å². The second kappa shape index (κ2) is 5.67. The molecule has 1 amide bonds. The largest absolute Gasteiger partial charge is 0.393 e. The van der Waals surface area contributed by atoms with E-state index in [4.69, 9.17) is 0 Å². The molecule has 0 heterocycles. The van der Waals surface area contributed by atoms with Gasteiger partial charge in [-0.15, -0.1) is 0 Å². The smallest absolute Gasteiger partial charge is 0.223 e. The minimum Gasteiger partial charge on any atom is -0.393 e. The van der Waals surface area contributed by atoms with E-state index in [1.54, 1.807) is 0 Å². The van der Waals surface area contributed by atoms with Crippen molar-refractivity contribution in [2.75, 3.05) is 6.54 Å². The summed E-state index contributed by atoms with van der Waals surface area (Å²) in [6.07, 6.45) is 8.37. The topological polar surface area (TPSA) is 49.3 Å². The number of aliphatic hydroxyl groups is 1. The molecule has 2 N–H and O–H groups in total. The van der Waals surface area contributed by atoms with Gasteiger partial charge in [0.2, 0.25) is 5.91 Å². The number of carbonyl (C=O) groups excluding carboxylic acids is 1. The molecule has 0 radical (unpaired) electrons. The predicted octanol–water partition coefficient (Wildman–Crippen LogP) is 1.84. The first-order valence-electron chi connectivity index (χ1n) is 6.71. The maximum Gasteiger partial charge on any atom is 0.223 e. The number of amides is 1. The van der Waals surface area contributed by atoms with Crippen LogP contribution in [0, 0.1) is 11.8 Å². The fourth-order valence-corrected chi connectivity index (χ4v) is 2.66. The third-order valence-electron chi connectivity index (χ3n) is 4.14. The van der Waals surface area contributed by atoms with Crippen LogP contribution in [-0.2, 0) is 4.79 Å². The molecular weight excluding hydrogens is 202 g/mol. The molecule has 0 bridgehead atoms. The number of rotatable bonds is 4. The van der Waals surface area contributed by atoms with Gasteiger partial charge in [-0.25, -0.2) is 0 Å². The number of nitrogens with one attached hydrogen (secondary N) is 1. The molecule has 0 atom stereocenters. The highest BCUT2D eigenvalue weighted by Crippen LogP contribution is 2.29. The van der Waals surface area contributed by atoms with Crippen molar-refractivity contribution in [2.45, 2.75) is 57.5 Å². The molecule has 0 spiro atoms. The lowest BCUT2D eigenvalue weighted by molar-refractivity contribution is -0.126. The lowest BCUT2D eigenvalue weighted by Gasteiger charge is -2.27. The maximum absolute atomic E-state index is 11.8. The van der Waals surface area contributed by atoms with Crippen molar-refractivity contribution in [1.29, 1.82) is 0 Å². The summed E-state index contributed by atoms with van der Waals surface area (Å²) in [4.78, 5) is 11.8. The van der Waals surface area contributed by atoms with Crippen LogP contribution in [0.25, 0.3) is 0 Å². The summed E-state index contributed by atoms with van der Waals surface area (Å²) in [5.74, 6) is 1.24. The van der Waals surface area contributed by atoms with E-state index < -0.39 is 0 Å². The minimum atomic E-state index is -0.168. The average molecular weight is 225 g/mol. The van der Waals surface area contributed by atoms with Crippen LogP contribution in [-0.4, -0.2) is 23.7 Å². The summed E-state index contributed by atoms with van der Waals surface area (Å²) in [5.41, 5.74) is 0. The van der Waals surface area contributed by atoms with Gasteiger partial charge in [0.05, 0.1) is 6.10 Å². The van der Waals surface area contributed by atoms with Crippen molar-refractivity contribution in [1.82, 2.24) is 5.32 Å². The molecule has 0 saturated heterocycles. The monoisotopic (exact) mass is 225 g/mol. The van der Waals surface area contributed by atoms with Crippen molar-refractivity contribution in [3.05, 3.63) is 0 Å². The van der Waals surface area contributed by atoms with Gasteiger partial charge in [0.25, 0.3) is 0 Å². The summed E-state index contributed by atoms with van der Waals surface area (Å²) in [6, 6.07) is 0. The van der Waals surface area contributed by atoms with Crippen molar-refractivity contribution in [3.63, 3.8) is 0 Å². The maximum atomic E-state index is 11.8. The Bertz CT molecular complexity index is 230. The minimum absolute atomic E-state index is 0.157. The molecular formula is C13H23NO2. The van der Waals surface area contributed by atoms with Crippen LogP contribution in [0.5, 0.6) is 0 Å². The number of aliphatic hydroxyl groups excluding tert-OH is 1. The Hall–Kier alpha value is -0.570. The molecule has 0 aliphatic heterocycles. The Morgan fingerprint density at radius 2 is 1.81 bits per heavy atom. The van der Waals surface area contributed by atoms with E-state index in [-0.39, 0.29) is 17.9 Å². The average Bonchev–Trinajstić information content (AvgIpc) is 2.22. The first kappa shape index (κ1) is 11.9. The molecule has 0 aromatic rings. The SMILES string of the molecule is O=C(NCCC1CCC1)C1CCC(O)CC1. The highest BCUT2D eigenvalue weighted by Gasteiger charge is 2.25. The van der Waals surface area contributed by atoms with Crippen LogP contribution < -0.4 is 5.32 Å². The molecule has 0 aromatic carbocycles. The van der Waals surface area contributed by atoms with E-state index in [1.165, 1.54) is 19.3 Å². The quantitative estimate of drug-likeness (QED) is 0.767. The zero-order valence-electron chi connectivity index (χ0n) is 9.95. The number of hydrogen-bond acceptors (Lipinski definition) is 2. The van der Waals surface area contributed by atoms with Crippen LogP contribution in [0.15, 0.2) is 0 Å². The summed E-state index contributed by atoms with van der Waals surface area (Å²) in [7, 11) is 0. The Kier molecular flexibility index (Phi) is 4.22. The first-order chi connectivity index (χ1) is 7.75. The van der Waals surface area contributed by atoms with E-state index >= 15 is 0 Å². The summed E-state index contributed by atoms with van der Waals surface area (Å²) < 4.78 is 0. The summed E-state index contributed by atoms with van der Waals surface area (Å²) >= 11 is 0. The lowest BCUT2D eigenvalue weighted by Crippen LogP contribution is -2.35. The second-order valence-electron chi connectivity index (χ2n) is 5.38. The fourth-order valence-electron chi connectivity index (χ4n) is 2.66. The lowest BCUT2D eigenvalue weighted by atomic mass is 9.83. The van der Waals surface area contributed by atoms with Gasteiger partial charge in [-0.05, 0) is 38.0 Å². The van der Waals surface area contributed by atoms with Gasteiger partial charge in [0, 0.05) is 12.5 Å². The highest BCUT2D eigenvalue weighted by atomic mass is 16.3. The van der Waals surface area contributed by atoms with E-state index in [1.807, 2.05) is 0 Å². The molecule has 2 fully saturated rings. The summed E-state index contributed by atoms with van der Waals surface area (Å²) in [6.45, 7) is 0.850. The standard InChI is InChI=1S/C13H23NO2/c15-12-6-4-11(5-7-12)13(16)14-9-8-10-2-1-3-10/h10-12,15H,1-9H2,(H,14,16). The molecule has 3 heteroatoms. The van der Waals surface area contributed by atoms with Gasteiger partial charge in [0.15, 0.2) is 0 Å². The molecule has 0 aromatic heterocycles. The van der Waals surface area contributed by atoms with Crippen LogP contribution in [0.3, 0.4) is 0 Å². The van der Waals surface area contributed by atoms with Crippen molar-refractivity contribution < 1.29 is 9.90 Å². The Morgan fingerprint density at radius 3 is 2.38 bits per heavy atom. The Balaban J connectivity index is 1.59. The van der Waals surface area contributed by atoms with Crippen molar-refractivity contribution in [3.8, 4) is 0 Å². The van der Waals surface area contributed by atoms with E-state index in [0.717, 1.165) is 44.6 Å². The molecule has 2 saturated carbocycles. The molecule has 3 nitrogen and oxygen atoms in total. The third kappa shape index (κ3) is 3.21. The van der Waals surface area contributed by atoms with Gasteiger partial charge < -0.3 is 10.4 Å². The molecule has 2 aliphatic rings. The molecule has 0 unspecified atom stereocenters. The van der Waals surface area contributed by atoms with Gasteiger partial charge in [-0.2, -0.15) is 0 Å². The van der Waals surface area contributed by atoms with Gasteiger partial charge in [-0.1, -0.05) is 19.3 Å². The van der Waals surface area contributed by atoms with Crippen LogP contribution in [0.1, 0.15) is 51.4 Å². The van der Waals surface area contributed by atoms with E-state index in [9.17, 15) is 9.90 Å². The van der Waals surface area contributed by atoms with Gasteiger partial charge >= 0.3 is 0 Å².